The van der Waals surface area contributed by atoms with E-state index in [9.17, 15) is 24.6 Å². The van der Waals surface area contributed by atoms with Crippen molar-refractivity contribution in [3.63, 3.8) is 0 Å². The number of allylic oxidation sites excluding steroid dienone is 4. The fraction of sp³-hybridized carbons (Fsp3) is 0.629. The minimum atomic E-state index is -2.33. The summed E-state index contributed by atoms with van der Waals surface area (Å²) in [5.41, 5.74) is -8.08. The molecule has 6 rings (SSSR count). The highest BCUT2D eigenvalue weighted by atomic mass is 32.2. The molecule has 0 amide bonds. The highest BCUT2D eigenvalue weighted by Gasteiger charge is 2.78. The molecule has 10 heteroatoms. The van der Waals surface area contributed by atoms with Crippen LogP contribution in [0.2, 0.25) is 0 Å². The second kappa shape index (κ2) is 11.2. The Kier molecular flexibility index (Phi) is 8.02. The first-order chi connectivity index (χ1) is 21.2. The number of thioether (sulfide) groups is 1. The van der Waals surface area contributed by atoms with Crippen LogP contribution < -0.4 is 0 Å². The molecule has 5 aliphatic rings. The predicted octanol–water partition coefficient (Wildman–Crippen LogP) is 5.70. The van der Waals surface area contributed by atoms with Crippen molar-refractivity contribution >= 4 is 28.6 Å². The second-order valence-electron chi connectivity index (χ2n) is 14.1. The molecular formula is C35H40F2O7S. The molecule has 1 aromatic heterocycles. The smallest absolute Gasteiger partial charge is 0.375 e. The Morgan fingerprint density at radius 1 is 1.18 bits per heavy atom. The first-order valence-electron chi connectivity index (χ1n) is 15.8. The largest absolute Gasteiger partial charge is 0.457 e. The quantitative estimate of drug-likeness (QED) is 0.318. The maximum absolute atomic E-state index is 17.7. The van der Waals surface area contributed by atoms with E-state index in [1.807, 2.05) is 0 Å². The van der Waals surface area contributed by atoms with Gasteiger partial charge in [-0.15, -0.1) is 0 Å². The van der Waals surface area contributed by atoms with Gasteiger partial charge in [-0.2, -0.15) is 0 Å². The Morgan fingerprint density at radius 2 is 1.91 bits per heavy atom. The molecule has 45 heavy (non-hydrogen) atoms. The number of aliphatic hydroxyl groups is 2. The molecule has 0 unspecified atom stereocenters. The number of ketones is 1. The lowest BCUT2D eigenvalue weighted by molar-refractivity contribution is -0.221. The molecule has 5 aliphatic carbocycles. The van der Waals surface area contributed by atoms with Gasteiger partial charge in [0.25, 0.3) is 0 Å². The zero-order chi connectivity index (χ0) is 32.4. The van der Waals surface area contributed by atoms with Gasteiger partial charge in [-0.1, -0.05) is 49.9 Å². The number of fused-ring (bicyclic) bond motifs is 5. The van der Waals surface area contributed by atoms with Crippen LogP contribution >= 0.6 is 11.8 Å². The molecular weight excluding hydrogens is 602 g/mol. The first kappa shape index (κ1) is 32.2. The van der Waals surface area contributed by atoms with Crippen molar-refractivity contribution in [2.45, 2.75) is 101 Å². The lowest BCUT2D eigenvalue weighted by atomic mass is 9.44. The molecule has 1 heterocycles. The van der Waals surface area contributed by atoms with Crippen molar-refractivity contribution in [3.8, 4) is 11.8 Å². The summed E-state index contributed by atoms with van der Waals surface area (Å²) in [6.45, 7) is 5.02. The van der Waals surface area contributed by atoms with Crippen molar-refractivity contribution in [2.24, 2.45) is 28.6 Å². The molecule has 0 saturated heterocycles. The number of halogens is 2. The van der Waals surface area contributed by atoms with Gasteiger partial charge in [0.1, 0.15) is 11.8 Å². The van der Waals surface area contributed by atoms with Crippen LogP contribution in [0.1, 0.15) is 82.7 Å². The third kappa shape index (κ3) is 4.71. The molecule has 242 valence electrons. The van der Waals surface area contributed by atoms with Crippen LogP contribution in [-0.4, -0.2) is 62.0 Å². The van der Waals surface area contributed by atoms with Crippen molar-refractivity contribution < 1.29 is 42.5 Å². The summed E-state index contributed by atoms with van der Waals surface area (Å²) in [6, 6.07) is 2.94. The Balaban J connectivity index is 1.38. The van der Waals surface area contributed by atoms with Gasteiger partial charge >= 0.3 is 5.97 Å². The normalized spacial score (nSPS) is 41.5. The summed E-state index contributed by atoms with van der Waals surface area (Å²) in [4.78, 5) is 40.1. The number of ether oxygens (including phenoxy) is 1. The van der Waals surface area contributed by atoms with Crippen molar-refractivity contribution in [2.75, 3.05) is 5.75 Å². The minimum absolute atomic E-state index is 0.0165. The molecule has 7 nitrogen and oxygen atoms in total. The van der Waals surface area contributed by atoms with Gasteiger partial charge in [0.15, 0.2) is 17.1 Å². The van der Waals surface area contributed by atoms with E-state index in [2.05, 4.69) is 11.8 Å². The highest BCUT2D eigenvalue weighted by molar-refractivity contribution is 8.14. The molecule has 1 aromatic rings. The number of carbonyl (C=O) groups excluding carboxylic acids is 3. The standard InChI is InChI=1S/C35H40F2O7S/c1-21-17-23-24-19-26(36)25-18-22(38)10-14-31(25,2)34(24,37)28(39)20-32(23,3)35(21,44-29(40)27-9-7-15-43-27)30(41)45-16-8-13-33(42)11-5-4-6-12-33/h7,9-10,14-15,18,21,23-24,26,28,39,42H,4-6,11-12,16-17,19-20H2,1-3H3/t21-,23+,24+,26+,28+,31+,32+,34+,35+/m1/s1. The van der Waals surface area contributed by atoms with Crippen LogP contribution in [-0.2, 0) is 14.3 Å². The van der Waals surface area contributed by atoms with E-state index in [0.717, 1.165) is 37.1 Å². The fourth-order valence-corrected chi connectivity index (χ4v) is 10.4. The SMILES string of the molecule is C[C@@H]1C[C@H]2[C@@H]3C[C@H](F)C4=CC(=O)C=C[C@]4(C)[C@@]3(F)[C@@H](O)C[C@]2(C)[C@@]1(OC(=O)c1ccco1)C(=O)SCC#CC1(O)CCCCC1. The molecule has 9 atom stereocenters. The van der Waals surface area contributed by atoms with Gasteiger partial charge in [0, 0.05) is 22.7 Å². The average Bonchev–Trinajstić information content (AvgIpc) is 3.61. The molecule has 0 aliphatic heterocycles. The van der Waals surface area contributed by atoms with E-state index in [1.165, 1.54) is 37.5 Å². The fourth-order valence-electron chi connectivity index (χ4n) is 9.48. The van der Waals surface area contributed by atoms with Crippen LogP contribution in [0.3, 0.4) is 0 Å². The van der Waals surface area contributed by atoms with Gasteiger partial charge in [-0.25, -0.2) is 13.6 Å². The number of hydrogen-bond acceptors (Lipinski definition) is 8. The number of rotatable bonds is 4. The maximum Gasteiger partial charge on any atom is 0.375 e. The summed E-state index contributed by atoms with van der Waals surface area (Å²) < 4.78 is 45.1. The monoisotopic (exact) mass is 642 g/mol. The van der Waals surface area contributed by atoms with Crippen LogP contribution in [0, 0.1) is 40.4 Å². The molecule has 2 N–H and O–H groups in total. The van der Waals surface area contributed by atoms with Crippen molar-refractivity contribution in [3.05, 3.63) is 48.0 Å². The second-order valence-corrected chi connectivity index (χ2v) is 15.0. The van der Waals surface area contributed by atoms with Crippen LogP contribution in [0.25, 0.3) is 0 Å². The minimum Gasteiger partial charge on any atom is -0.457 e. The number of furan rings is 1. The zero-order valence-electron chi connectivity index (χ0n) is 25.8. The van der Waals surface area contributed by atoms with Crippen LogP contribution in [0.4, 0.5) is 8.78 Å². The lowest BCUT2D eigenvalue weighted by Gasteiger charge is -2.63. The van der Waals surface area contributed by atoms with E-state index >= 15 is 8.78 Å². The summed E-state index contributed by atoms with van der Waals surface area (Å²) >= 11 is 0.866. The van der Waals surface area contributed by atoms with E-state index in [1.54, 1.807) is 13.8 Å². The number of carbonyl (C=O) groups is 3. The van der Waals surface area contributed by atoms with E-state index in [-0.39, 0.29) is 36.3 Å². The molecule has 0 aromatic carbocycles. The third-order valence-electron chi connectivity index (χ3n) is 11.7. The highest BCUT2D eigenvalue weighted by Crippen LogP contribution is 2.72. The molecule has 0 bridgehead atoms. The number of alkyl halides is 2. The Hall–Kier alpha value is -2.74. The summed E-state index contributed by atoms with van der Waals surface area (Å²) in [5.74, 6) is 2.19. The number of hydrogen-bond donors (Lipinski definition) is 2. The van der Waals surface area contributed by atoms with Crippen LogP contribution in [0.15, 0.2) is 46.6 Å². The Bertz CT molecular complexity index is 1500. The Morgan fingerprint density at radius 3 is 2.60 bits per heavy atom. The molecule has 0 radical (unpaired) electrons. The number of esters is 1. The first-order valence-corrected chi connectivity index (χ1v) is 16.8. The van der Waals surface area contributed by atoms with Gasteiger partial charge in [-0.3, -0.25) is 9.59 Å². The van der Waals surface area contributed by atoms with Gasteiger partial charge in [-0.05, 0) is 87.6 Å². The maximum atomic E-state index is 17.7. The molecule has 4 saturated carbocycles. The van der Waals surface area contributed by atoms with Crippen LogP contribution in [0.5, 0.6) is 0 Å². The summed E-state index contributed by atoms with van der Waals surface area (Å²) in [7, 11) is 0. The van der Waals surface area contributed by atoms with Gasteiger partial charge in [0.2, 0.25) is 10.9 Å². The van der Waals surface area contributed by atoms with E-state index in [0.29, 0.717) is 12.8 Å². The van der Waals surface area contributed by atoms with Gasteiger partial charge < -0.3 is 19.4 Å². The topological polar surface area (TPSA) is 114 Å². The average molecular weight is 643 g/mol. The Labute approximate surface area is 266 Å². The zero-order valence-corrected chi connectivity index (χ0v) is 26.6. The van der Waals surface area contributed by atoms with Crippen molar-refractivity contribution in [1.82, 2.24) is 0 Å². The number of aliphatic hydroxyl groups excluding tert-OH is 1. The van der Waals surface area contributed by atoms with Gasteiger partial charge in [0.05, 0.1) is 18.1 Å². The third-order valence-corrected chi connectivity index (χ3v) is 12.6. The lowest BCUT2D eigenvalue weighted by Crippen LogP contribution is -2.70. The predicted molar refractivity (Wildman–Crippen MR) is 163 cm³/mol. The molecule has 4 fully saturated rings. The summed E-state index contributed by atoms with van der Waals surface area (Å²) in [5, 5.41) is 22.1. The van der Waals surface area contributed by atoms with E-state index in [4.69, 9.17) is 9.15 Å². The molecule has 0 spiro atoms. The van der Waals surface area contributed by atoms with Crippen molar-refractivity contribution in [1.29, 1.82) is 0 Å². The van der Waals surface area contributed by atoms with E-state index < -0.39 is 74.6 Å². The summed E-state index contributed by atoms with van der Waals surface area (Å²) in [6.07, 6.45) is 5.41.